The Labute approximate surface area is 195 Å². The molecule has 9 nitrogen and oxygen atoms in total. The predicted octanol–water partition coefficient (Wildman–Crippen LogP) is 2.45. The largest absolute Gasteiger partial charge is 0.351 e. The van der Waals surface area contributed by atoms with Crippen LogP contribution in [0.4, 0.5) is 16.2 Å². The Kier molecular flexibility index (Phi) is 5.53. The number of urea groups is 1. The third-order valence-corrected chi connectivity index (χ3v) is 7.53. The van der Waals surface area contributed by atoms with Crippen molar-refractivity contribution in [3.8, 4) is 0 Å². The van der Waals surface area contributed by atoms with Gasteiger partial charge < -0.3 is 15.5 Å². The Morgan fingerprint density at radius 3 is 2.91 bits per heavy atom. The van der Waals surface area contributed by atoms with Gasteiger partial charge in [0, 0.05) is 37.1 Å². The average molecular weight is 465 g/mol. The summed E-state index contributed by atoms with van der Waals surface area (Å²) in [6, 6.07) is 4.52. The fourth-order valence-electron chi connectivity index (χ4n) is 4.68. The van der Waals surface area contributed by atoms with Crippen molar-refractivity contribution in [2.24, 2.45) is 0 Å². The quantitative estimate of drug-likeness (QED) is 0.673. The summed E-state index contributed by atoms with van der Waals surface area (Å²) < 4.78 is 0. The Morgan fingerprint density at radius 1 is 1.27 bits per heavy atom. The van der Waals surface area contributed by atoms with Gasteiger partial charge in [0.2, 0.25) is 11.8 Å². The minimum Gasteiger partial charge on any atom is -0.351 e. The minimum absolute atomic E-state index is 0.129. The van der Waals surface area contributed by atoms with Crippen molar-refractivity contribution in [1.29, 1.82) is 0 Å². The SMILES string of the molecule is C=CC(=O)N1CCCC(NC(=O)[C@@H]2Sc3nccc4c3C2NC(=O)N4c2cccnc2C)C1. The molecular weight excluding hydrogens is 440 g/mol. The van der Waals surface area contributed by atoms with Gasteiger partial charge in [-0.05, 0) is 44.0 Å². The van der Waals surface area contributed by atoms with Gasteiger partial charge in [-0.15, -0.1) is 0 Å². The standard InChI is InChI=1S/C23H24N6O3S/c1-3-17(30)28-11-5-6-14(12-28)26-21(31)20-19-18-16(8-10-25-22(18)33-20)29(23(32)27-19)15-7-4-9-24-13(15)2/h3-4,7-10,14,19-20H,1,5-6,11-12H2,2H3,(H,26,31)(H,27,32)/t14?,19?,20-/m1/s1. The molecule has 2 aromatic rings. The van der Waals surface area contributed by atoms with E-state index in [0.29, 0.717) is 24.5 Å². The fraction of sp³-hybridized carbons (Fsp3) is 0.348. The molecule has 1 fully saturated rings. The monoisotopic (exact) mass is 464 g/mol. The Balaban J connectivity index is 1.39. The molecule has 3 aliphatic rings. The number of amides is 4. The number of carbonyl (C=O) groups is 3. The van der Waals surface area contributed by atoms with Gasteiger partial charge in [-0.1, -0.05) is 18.3 Å². The Bertz CT molecular complexity index is 1150. The van der Waals surface area contributed by atoms with Crippen LogP contribution in [0.1, 0.15) is 30.1 Å². The lowest BCUT2D eigenvalue weighted by molar-refractivity contribution is -0.129. The predicted molar refractivity (Wildman–Crippen MR) is 124 cm³/mol. The molecule has 2 aromatic heterocycles. The highest BCUT2D eigenvalue weighted by Gasteiger charge is 2.47. The highest BCUT2D eigenvalue weighted by molar-refractivity contribution is 8.01. The van der Waals surface area contributed by atoms with Crippen LogP contribution in [0.25, 0.3) is 0 Å². The number of piperidine rings is 1. The molecule has 0 aromatic carbocycles. The van der Waals surface area contributed by atoms with Crippen molar-refractivity contribution in [2.45, 2.75) is 42.1 Å². The van der Waals surface area contributed by atoms with E-state index in [1.807, 2.05) is 13.0 Å². The molecule has 2 unspecified atom stereocenters. The lowest BCUT2D eigenvalue weighted by atomic mass is 9.99. The van der Waals surface area contributed by atoms with E-state index in [-0.39, 0.29) is 23.9 Å². The zero-order chi connectivity index (χ0) is 23.1. The smallest absolute Gasteiger partial charge is 0.327 e. The first-order chi connectivity index (χ1) is 16.0. The van der Waals surface area contributed by atoms with Crippen molar-refractivity contribution in [3.63, 3.8) is 0 Å². The number of anilines is 2. The molecule has 5 rings (SSSR count). The summed E-state index contributed by atoms with van der Waals surface area (Å²) >= 11 is 1.36. The third kappa shape index (κ3) is 3.74. The molecule has 5 heterocycles. The van der Waals surface area contributed by atoms with Gasteiger partial charge in [0.1, 0.15) is 10.3 Å². The first kappa shape index (κ1) is 21.4. The van der Waals surface area contributed by atoms with E-state index >= 15 is 0 Å². The van der Waals surface area contributed by atoms with Gasteiger partial charge in [-0.3, -0.25) is 19.5 Å². The Hall–Kier alpha value is -3.40. The first-order valence-electron chi connectivity index (χ1n) is 10.9. The van der Waals surface area contributed by atoms with Crippen LogP contribution in [-0.2, 0) is 9.59 Å². The molecule has 4 amide bonds. The number of aromatic nitrogens is 2. The summed E-state index contributed by atoms with van der Waals surface area (Å²) in [5.41, 5.74) is 2.98. The van der Waals surface area contributed by atoms with E-state index in [4.69, 9.17) is 0 Å². The Morgan fingerprint density at radius 2 is 2.12 bits per heavy atom. The second-order valence-electron chi connectivity index (χ2n) is 8.29. The van der Waals surface area contributed by atoms with Gasteiger partial charge >= 0.3 is 6.03 Å². The summed E-state index contributed by atoms with van der Waals surface area (Å²) in [4.78, 5) is 50.5. The van der Waals surface area contributed by atoms with Gasteiger partial charge in [-0.25, -0.2) is 9.78 Å². The van der Waals surface area contributed by atoms with E-state index < -0.39 is 11.3 Å². The first-order valence-corrected chi connectivity index (χ1v) is 11.8. The number of carbonyl (C=O) groups excluding carboxylic acids is 3. The number of rotatable bonds is 4. The normalized spacial score (nSPS) is 23.5. The lowest BCUT2D eigenvalue weighted by Gasteiger charge is -2.35. The second-order valence-corrected chi connectivity index (χ2v) is 9.42. The molecule has 0 radical (unpaired) electrons. The minimum atomic E-state index is -0.541. The zero-order valence-electron chi connectivity index (χ0n) is 18.2. The molecule has 2 N–H and O–H groups in total. The van der Waals surface area contributed by atoms with Crippen LogP contribution in [-0.4, -0.2) is 57.1 Å². The summed E-state index contributed by atoms with van der Waals surface area (Å²) in [6.07, 6.45) is 6.26. The van der Waals surface area contributed by atoms with Gasteiger partial charge in [0.25, 0.3) is 0 Å². The maximum atomic E-state index is 13.3. The maximum Gasteiger partial charge on any atom is 0.327 e. The average Bonchev–Trinajstić information content (AvgIpc) is 3.19. The number of pyridine rings is 2. The van der Waals surface area contributed by atoms with E-state index in [2.05, 4.69) is 27.2 Å². The fourth-order valence-corrected chi connectivity index (χ4v) is 5.92. The number of aryl methyl sites for hydroxylation is 1. The number of nitrogens with zero attached hydrogens (tertiary/aromatic N) is 4. The topological polar surface area (TPSA) is 108 Å². The molecular formula is C23H24N6O3S. The van der Waals surface area contributed by atoms with E-state index in [9.17, 15) is 14.4 Å². The highest BCUT2D eigenvalue weighted by atomic mass is 32.2. The molecule has 3 aliphatic heterocycles. The van der Waals surface area contributed by atoms with Crippen LogP contribution in [0.2, 0.25) is 0 Å². The summed E-state index contributed by atoms with van der Waals surface area (Å²) in [5, 5.41) is 6.29. The van der Waals surface area contributed by atoms with Gasteiger partial charge in [0.15, 0.2) is 0 Å². The van der Waals surface area contributed by atoms with Crippen LogP contribution in [0.15, 0.2) is 48.3 Å². The molecule has 1 saturated heterocycles. The highest BCUT2D eigenvalue weighted by Crippen LogP contribution is 2.50. The molecule has 0 aliphatic carbocycles. The number of likely N-dealkylation sites (tertiary alicyclic amines) is 1. The molecule has 0 spiro atoms. The molecule has 170 valence electrons. The van der Waals surface area contributed by atoms with Crippen molar-refractivity contribution in [1.82, 2.24) is 25.5 Å². The van der Waals surface area contributed by atoms with Crippen molar-refractivity contribution in [3.05, 3.63) is 54.5 Å². The molecule has 0 bridgehead atoms. The lowest BCUT2D eigenvalue weighted by Crippen LogP contribution is -2.53. The van der Waals surface area contributed by atoms with Gasteiger partial charge in [-0.2, -0.15) is 0 Å². The van der Waals surface area contributed by atoms with Crippen LogP contribution >= 0.6 is 11.8 Å². The van der Waals surface area contributed by atoms with Crippen LogP contribution < -0.4 is 15.5 Å². The van der Waals surface area contributed by atoms with Gasteiger partial charge in [0.05, 0.1) is 23.1 Å². The molecule has 0 saturated carbocycles. The second kappa shape index (κ2) is 8.51. The summed E-state index contributed by atoms with van der Waals surface area (Å²) in [6.45, 7) is 6.52. The van der Waals surface area contributed by atoms with Crippen LogP contribution in [0, 0.1) is 6.92 Å². The van der Waals surface area contributed by atoms with Crippen molar-refractivity contribution >= 4 is 41.0 Å². The molecule has 3 atom stereocenters. The number of thioether (sulfide) groups is 1. The number of nitrogens with one attached hydrogen (secondary N) is 2. The molecule has 33 heavy (non-hydrogen) atoms. The zero-order valence-corrected chi connectivity index (χ0v) is 19.0. The van der Waals surface area contributed by atoms with E-state index in [1.165, 1.54) is 17.8 Å². The van der Waals surface area contributed by atoms with Crippen LogP contribution in [0.5, 0.6) is 0 Å². The summed E-state index contributed by atoms with van der Waals surface area (Å²) in [5.74, 6) is -0.297. The number of hydrogen-bond acceptors (Lipinski definition) is 6. The van der Waals surface area contributed by atoms with E-state index in [0.717, 1.165) is 29.1 Å². The van der Waals surface area contributed by atoms with Crippen LogP contribution in [0.3, 0.4) is 0 Å². The molecule has 10 heteroatoms. The number of hydrogen-bond donors (Lipinski definition) is 2. The third-order valence-electron chi connectivity index (χ3n) is 6.24. The van der Waals surface area contributed by atoms with Crippen molar-refractivity contribution < 1.29 is 14.4 Å². The van der Waals surface area contributed by atoms with E-state index in [1.54, 1.807) is 34.3 Å². The van der Waals surface area contributed by atoms with Crippen molar-refractivity contribution in [2.75, 3.05) is 18.0 Å². The summed E-state index contributed by atoms with van der Waals surface area (Å²) in [7, 11) is 0. The maximum absolute atomic E-state index is 13.3.